The molecule has 0 bridgehead atoms. The van der Waals surface area contributed by atoms with Gasteiger partial charge < -0.3 is 10.1 Å². The fourth-order valence-electron chi connectivity index (χ4n) is 4.24. The molecule has 1 aliphatic heterocycles. The normalized spacial score (nSPS) is 23.0. The monoisotopic (exact) mass is 471 g/mol. The number of ether oxygens (including phenoxy) is 1. The molecule has 1 heterocycles. The summed E-state index contributed by atoms with van der Waals surface area (Å²) in [7, 11) is 0. The SMILES string of the molecule is C[C@]1(NC(=O)Cc2ccccc2)C[C@@H](c2ccc(Cl)cc2)O[C@@H](c2ccc(Cl)c(F)c2)C1. The zero-order chi connectivity index (χ0) is 22.7. The Morgan fingerprint density at radius 3 is 2.28 bits per heavy atom. The molecule has 6 heteroatoms. The first-order valence-corrected chi connectivity index (χ1v) is 11.3. The summed E-state index contributed by atoms with van der Waals surface area (Å²) >= 11 is 11.9. The van der Waals surface area contributed by atoms with Crippen LogP contribution in [0.15, 0.2) is 72.8 Å². The van der Waals surface area contributed by atoms with E-state index in [4.69, 9.17) is 27.9 Å². The highest BCUT2D eigenvalue weighted by Gasteiger charge is 2.40. The molecule has 0 unspecified atom stereocenters. The van der Waals surface area contributed by atoms with Gasteiger partial charge >= 0.3 is 0 Å². The molecule has 166 valence electrons. The lowest BCUT2D eigenvalue weighted by atomic mass is 9.81. The summed E-state index contributed by atoms with van der Waals surface area (Å²) in [6.45, 7) is 2.01. The average molecular weight is 472 g/mol. The van der Waals surface area contributed by atoms with Gasteiger partial charge in [-0.05, 0) is 47.9 Å². The van der Waals surface area contributed by atoms with E-state index in [0.717, 1.165) is 11.1 Å². The molecule has 3 nitrogen and oxygen atoms in total. The molecular formula is C26H24Cl2FNO2. The molecular weight excluding hydrogens is 448 g/mol. The molecule has 1 aliphatic rings. The van der Waals surface area contributed by atoms with Crippen LogP contribution in [-0.4, -0.2) is 11.4 Å². The zero-order valence-electron chi connectivity index (χ0n) is 17.7. The molecule has 3 atom stereocenters. The lowest BCUT2D eigenvalue weighted by Crippen LogP contribution is -2.51. The first-order chi connectivity index (χ1) is 15.3. The standard InChI is InChI=1S/C26H24Cl2FNO2/c1-26(30-25(31)13-17-5-3-2-4-6-17)15-23(18-7-10-20(27)11-8-18)32-24(16-26)19-9-12-21(28)22(29)14-19/h2-12,14,23-24H,13,15-16H2,1H3,(H,30,31)/t23-,24+,26-/m0/s1. The summed E-state index contributed by atoms with van der Waals surface area (Å²) in [4.78, 5) is 12.9. The van der Waals surface area contributed by atoms with Crippen LogP contribution in [0.5, 0.6) is 0 Å². The Labute approximate surface area is 197 Å². The Kier molecular flexibility index (Phi) is 6.85. The molecule has 1 N–H and O–H groups in total. The Morgan fingerprint density at radius 2 is 1.62 bits per heavy atom. The fraction of sp³-hybridized carbons (Fsp3) is 0.269. The van der Waals surface area contributed by atoms with Crippen LogP contribution in [0.25, 0.3) is 0 Å². The number of carbonyl (C=O) groups excluding carboxylic acids is 1. The number of halogens is 3. The molecule has 0 saturated carbocycles. The van der Waals surface area contributed by atoms with Crippen molar-refractivity contribution in [1.82, 2.24) is 5.32 Å². The summed E-state index contributed by atoms with van der Waals surface area (Å²) in [6.07, 6.45) is 0.703. The summed E-state index contributed by atoms with van der Waals surface area (Å²) < 4.78 is 20.6. The number of hydrogen-bond acceptors (Lipinski definition) is 2. The molecule has 0 radical (unpaired) electrons. The van der Waals surface area contributed by atoms with Crippen molar-refractivity contribution in [2.75, 3.05) is 0 Å². The van der Waals surface area contributed by atoms with E-state index in [2.05, 4.69) is 5.32 Å². The van der Waals surface area contributed by atoms with Crippen molar-refractivity contribution in [3.63, 3.8) is 0 Å². The second kappa shape index (κ2) is 9.62. The van der Waals surface area contributed by atoms with Crippen LogP contribution >= 0.6 is 23.2 Å². The summed E-state index contributed by atoms with van der Waals surface area (Å²) in [5, 5.41) is 3.92. The minimum Gasteiger partial charge on any atom is -0.365 e. The molecule has 0 spiro atoms. The van der Waals surface area contributed by atoms with E-state index >= 15 is 0 Å². The maximum atomic E-state index is 14.2. The van der Waals surface area contributed by atoms with Gasteiger partial charge in [-0.25, -0.2) is 4.39 Å². The van der Waals surface area contributed by atoms with Crippen LogP contribution in [-0.2, 0) is 16.0 Å². The molecule has 4 rings (SSSR count). The van der Waals surface area contributed by atoms with Gasteiger partial charge in [-0.2, -0.15) is 0 Å². The predicted molar refractivity (Wildman–Crippen MR) is 125 cm³/mol. The minimum atomic E-state index is -0.546. The minimum absolute atomic E-state index is 0.0588. The van der Waals surface area contributed by atoms with E-state index in [1.54, 1.807) is 6.07 Å². The number of nitrogens with one attached hydrogen (secondary N) is 1. The third-order valence-corrected chi connectivity index (χ3v) is 6.36. The van der Waals surface area contributed by atoms with Gasteiger partial charge in [0, 0.05) is 23.4 Å². The van der Waals surface area contributed by atoms with Crippen molar-refractivity contribution in [2.45, 2.75) is 43.9 Å². The molecule has 0 aliphatic carbocycles. The second-order valence-corrected chi connectivity index (χ2v) is 9.36. The highest BCUT2D eigenvalue weighted by molar-refractivity contribution is 6.30. The summed E-state index contributed by atoms with van der Waals surface area (Å²) in [5.41, 5.74) is 2.05. The average Bonchev–Trinajstić information content (AvgIpc) is 2.76. The van der Waals surface area contributed by atoms with Gasteiger partial charge in [0.25, 0.3) is 0 Å². The molecule has 0 aromatic heterocycles. The third-order valence-electron chi connectivity index (χ3n) is 5.81. The molecule has 1 fully saturated rings. The number of amides is 1. The van der Waals surface area contributed by atoms with Gasteiger partial charge in [0.2, 0.25) is 5.91 Å². The zero-order valence-corrected chi connectivity index (χ0v) is 19.2. The molecule has 32 heavy (non-hydrogen) atoms. The van der Waals surface area contributed by atoms with Gasteiger partial charge in [-0.15, -0.1) is 0 Å². The summed E-state index contributed by atoms with van der Waals surface area (Å²) in [5.74, 6) is -0.548. The lowest BCUT2D eigenvalue weighted by molar-refractivity contribution is -0.128. The van der Waals surface area contributed by atoms with Crippen LogP contribution in [0.3, 0.4) is 0 Å². The second-order valence-electron chi connectivity index (χ2n) is 8.52. The number of hydrogen-bond donors (Lipinski definition) is 1. The Bertz CT molecular complexity index is 1090. The van der Waals surface area contributed by atoms with Crippen molar-refractivity contribution >= 4 is 29.1 Å². The summed E-state index contributed by atoms with van der Waals surface area (Å²) in [6, 6.07) is 21.8. The molecule has 1 amide bonds. The Balaban J connectivity index is 1.60. The smallest absolute Gasteiger partial charge is 0.224 e. The third kappa shape index (κ3) is 5.50. The number of rotatable bonds is 5. The van der Waals surface area contributed by atoms with E-state index in [-0.39, 0.29) is 17.0 Å². The van der Waals surface area contributed by atoms with E-state index < -0.39 is 17.5 Å². The van der Waals surface area contributed by atoms with Crippen LogP contribution in [0.4, 0.5) is 4.39 Å². The highest BCUT2D eigenvalue weighted by Crippen LogP contribution is 2.44. The van der Waals surface area contributed by atoms with Crippen molar-refractivity contribution in [1.29, 1.82) is 0 Å². The van der Waals surface area contributed by atoms with Crippen molar-refractivity contribution in [3.05, 3.63) is 105 Å². The van der Waals surface area contributed by atoms with Crippen LogP contribution < -0.4 is 5.32 Å². The van der Waals surface area contributed by atoms with E-state index in [1.165, 1.54) is 12.1 Å². The van der Waals surface area contributed by atoms with Crippen molar-refractivity contribution < 1.29 is 13.9 Å². The first-order valence-electron chi connectivity index (χ1n) is 10.5. The highest BCUT2D eigenvalue weighted by atomic mass is 35.5. The topological polar surface area (TPSA) is 38.3 Å². The van der Waals surface area contributed by atoms with Gasteiger partial charge in [0.1, 0.15) is 5.82 Å². The fourth-order valence-corrected chi connectivity index (χ4v) is 4.49. The Morgan fingerprint density at radius 1 is 1.00 bits per heavy atom. The maximum Gasteiger partial charge on any atom is 0.224 e. The number of carbonyl (C=O) groups is 1. The largest absolute Gasteiger partial charge is 0.365 e. The van der Waals surface area contributed by atoms with Crippen molar-refractivity contribution in [2.24, 2.45) is 0 Å². The van der Waals surface area contributed by atoms with Crippen molar-refractivity contribution in [3.8, 4) is 0 Å². The van der Waals surface area contributed by atoms with Gasteiger partial charge in [0.15, 0.2) is 0 Å². The van der Waals surface area contributed by atoms with Gasteiger partial charge in [-0.1, -0.05) is 71.7 Å². The van der Waals surface area contributed by atoms with E-state index in [9.17, 15) is 9.18 Å². The number of benzene rings is 3. The molecule has 3 aromatic rings. The molecule has 1 saturated heterocycles. The molecule has 3 aromatic carbocycles. The maximum absolute atomic E-state index is 14.2. The quantitative estimate of drug-likeness (QED) is 0.442. The van der Waals surface area contributed by atoms with Crippen LogP contribution in [0.1, 0.15) is 48.7 Å². The Hall–Kier alpha value is -2.40. The van der Waals surface area contributed by atoms with E-state index in [0.29, 0.717) is 29.8 Å². The lowest BCUT2D eigenvalue weighted by Gasteiger charge is -2.43. The first kappa shape index (κ1) is 22.8. The van der Waals surface area contributed by atoms with Crippen LogP contribution in [0.2, 0.25) is 10.0 Å². The van der Waals surface area contributed by atoms with E-state index in [1.807, 2.05) is 61.5 Å². The van der Waals surface area contributed by atoms with Crippen LogP contribution in [0, 0.1) is 5.82 Å². The predicted octanol–water partition coefficient (Wildman–Crippen LogP) is 6.84. The van der Waals surface area contributed by atoms with Gasteiger partial charge in [-0.3, -0.25) is 4.79 Å². The van der Waals surface area contributed by atoms with Gasteiger partial charge in [0.05, 0.1) is 23.7 Å².